The van der Waals surface area contributed by atoms with Gasteiger partial charge in [0, 0.05) is 5.92 Å². The van der Waals surface area contributed by atoms with Crippen LogP contribution in [-0.4, -0.2) is 11.1 Å². The molecule has 2 heteroatoms. The lowest BCUT2D eigenvalue weighted by Gasteiger charge is -2.31. The minimum Gasteiger partial charge on any atom is -0.481 e. The maximum Gasteiger partial charge on any atom is 0.303 e. The van der Waals surface area contributed by atoms with Gasteiger partial charge in [0.1, 0.15) is 0 Å². The van der Waals surface area contributed by atoms with E-state index in [9.17, 15) is 4.79 Å². The lowest BCUT2D eigenvalue weighted by atomic mass is 9.73. The highest BCUT2D eigenvalue weighted by Crippen LogP contribution is 2.39. The minimum atomic E-state index is -0.717. The van der Waals surface area contributed by atoms with Crippen LogP contribution >= 0.6 is 0 Å². The Morgan fingerprint density at radius 2 is 2.06 bits per heavy atom. The van der Waals surface area contributed by atoms with E-state index in [1.165, 1.54) is 5.56 Å². The molecular formula is C15H18O2. The number of hydrogen-bond acceptors (Lipinski definition) is 1. The highest BCUT2D eigenvalue weighted by molar-refractivity contribution is 5.70. The molecule has 0 radical (unpaired) electrons. The Hall–Kier alpha value is -1.57. The Morgan fingerprint density at radius 1 is 1.35 bits per heavy atom. The van der Waals surface area contributed by atoms with Crippen molar-refractivity contribution >= 4 is 12.0 Å². The molecule has 0 fully saturated rings. The molecule has 1 aliphatic carbocycles. The second kappa shape index (κ2) is 4.74. The van der Waals surface area contributed by atoms with E-state index in [2.05, 4.69) is 38.1 Å². The van der Waals surface area contributed by atoms with Crippen LogP contribution in [0.3, 0.4) is 0 Å². The molecule has 0 heterocycles. The summed E-state index contributed by atoms with van der Waals surface area (Å²) in [5, 5.41) is 9.07. The summed E-state index contributed by atoms with van der Waals surface area (Å²) in [6.07, 6.45) is 4.50. The summed E-state index contributed by atoms with van der Waals surface area (Å²) in [6, 6.07) is 8.10. The van der Waals surface area contributed by atoms with Crippen molar-refractivity contribution in [2.45, 2.75) is 26.2 Å². The first-order chi connectivity index (χ1) is 8.09. The molecule has 0 aromatic heterocycles. The largest absolute Gasteiger partial charge is 0.481 e. The molecule has 1 aliphatic rings. The zero-order chi connectivity index (χ0) is 12.4. The first kappa shape index (κ1) is 11.9. The summed E-state index contributed by atoms with van der Waals surface area (Å²) in [7, 11) is 0. The van der Waals surface area contributed by atoms with E-state index in [0.717, 1.165) is 5.56 Å². The molecule has 0 saturated carbocycles. The van der Waals surface area contributed by atoms with Gasteiger partial charge in [0.2, 0.25) is 0 Å². The molecule has 0 aliphatic heterocycles. The van der Waals surface area contributed by atoms with Gasteiger partial charge in [-0.05, 0) is 23.0 Å². The van der Waals surface area contributed by atoms with Gasteiger partial charge in [-0.15, -0.1) is 0 Å². The number of carbonyl (C=O) groups is 1. The van der Waals surface area contributed by atoms with Crippen LogP contribution in [0.5, 0.6) is 0 Å². The molecule has 0 amide bonds. The molecule has 90 valence electrons. The fourth-order valence-corrected chi connectivity index (χ4v) is 2.68. The smallest absolute Gasteiger partial charge is 0.303 e. The number of aliphatic carboxylic acids is 1. The van der Waals surface area contributed by atoms with Crippen LogP contribution in [0.1, 0.15) is 37.3 Å². The topological polar surface area (TPSA) is 37.3 Å². The molecular weight excluding hydrogens is 212 g/mol. The molecule has 2 nitrogen and oxygen atoms in total. The fourth-order valence-electron chi connectivity index (χ4n) is 2.68. The summed E-state index contributed by atoms with van der Waals surface area (Å²) in [4.78, 5) is 11.0. The Bertz CT molecular complexity index is 446. The predicted molar refractivity (Wildman–Crippen MR) is 68.8 cm³/mol. The first-order valence-corrected chi connectivity index (χ1v) is 6.08. The molecule has 0 bridgehead atoms. The van der Waals surface area contributed by atoms with Crippen molar-refractivity contribution in [1.29, 1.82) is 0 Å². The highest BCUT2D eigenvalue weighted by Gasteiger charge is 2.29. The lowest BCUT2D eigenvalue weighted by Crippen LogP contribution is -2.22. The van der Waals surface area contributed by atoms with Crippen molar-refractivity contribution in [2.75, 3.05) is 0 Å². The Morgan fingerprint density at radius 3 is 2.71 bits per heavy atom. The first-order valence-electron chi connectivity index (χ1n) is 6.08. The van der Waals surface area contributed by atoms with Crippen molar-refractivity contribution in [3.63, 3.8) is 0 Å². The quantitative estimate of drug-likeness (QED) is 0.862. The fraction of sp³-hybridized carbons (Fsp3) is 0.400. The summed E-state index contributed by atoms with van der Waals surface area (Å²) >= 11 is 0. The average molecular weight is 230 g/mol. The molecule has 2 atom stereocenters. The Kier molecular flexibility index (Phi) is 3.32. The third-order valence-corrected chi connectivity index (χ3v) is 3.52. The van der Waals surface area contributed by atoms with Crippen LogP contribution in [-0.2, 0) is 4.79 Å². The van der Waals surface area contributed by atoms with Crippen molar-refractivity contribution < 1.29 is 9.90 Å². The molecule has 1 aromatic rings. The van der Waals surface area contributed by atoms with Crippen LogP contribution in [0.4, 0.5) is 0 Å². The van der Waals surface area contributed by atoms with Gasteiger partial charge >= 0.3 is 5.97 Å². The zero-order valence-electron chi connectivity index (χ0n) is 10.3. The average Bonchev–Trinajstić information content (AvgIpc) is 2.28. The molecule has 1 aromatic carbocycles. The van der Waals surface area contributed by atoms with Crippen molar-refractivity contribution in [3.05, 3.63) is 41.5 Å². The third kappa shape index (κ3) is 2.41. The molecule has 0 saturated heterocycles. The number of hydrogen-bond donors (Lipinski definition) is 1. The number of carboxylic acid groups (broad SMARTS) is 1. The standard InChI is InChI=1S/C15H18O2/c1-10(2)12-8-7-11-5-3-4-6-13(11)14(12)9-15(16)17/h3-8,10,12,14H,9H2,1-2H3,(H,16,17). The van der Waals surface area contributed by atoms with Crippen LogP contribution in [0.15, 0.2) is 30.3 Å². The molecule has 0 spiro atoms. The van der Waals surface area contributed by atoms with Gasteiger partial charge in [-0.3, -0.25) is 4.79 Å². The highest BCUT2D eigenvalue weighted by atomic mass is 16.4. The number of carboxylic acids is 1. The normalized spacial score (nSPS) is 22.5. The van der Waals surface area contributed by atoms with Crippen LogP contribution in [0, 0.1) is 11.8 Å². The van der Waals surface area contributed by atoms with Gasteiger partial charge in [-0.1, -0.05) is 50.3 Å². The van der Waals surface area contributed by atoms with Gasteiger partial charge in [-0.25, -0.2) is 0 Å². The maximum atomic E-state index is 11.0. The summed E-state index contributed by atoms with van der Waals surface area (Å²) in [5.41, 5.74) is 2.34. The van der Waals surface area contributed by atoms with E-state index in [1.54, 1.807) is 0 Å². The van der Waals surface area contributed by atoms with Crippen molar-refractivity contribution in [2.24, 2.45) is 11.8 Å². The maximum absolute atomic E-state index is 11.0. The van der Waals surface area contributed by atoms with Gasteiger partial charge in [0.15, 0.2) is 0 Å². The van der Waals surface area contributed by atoms with E-state index < -0.39 is 5.97 Å². The molecule has 2 unspecified atom stereocenters. The van der Waals surface area contributed by atoms with E-state index in [1.807, 2.05) is 12.1 Å². The van der Waals surface area contributed by atoms with Gasteiger partial charge in [0.25, 0.3) is 0 Å². The summed E-state index contributed by atoms with van der Waals surface area (Å²) in [5.74, 6) is 0.171. The minimum absolute atomic E-state index is 0.105. The van der Waals surface area contributed by atoms with Crippen LogP contribution in [0.25, 0.3) is 6.08 Å². The zero-order valence-corrected chi connectivity index (χ0v) is 10.3. The second-order valence-corrected chi connectivity index (χ2v) is 5.01. The molecule has 2 rings (SSSR count). The van der Waals surface area contributed by atoms with Crippen molar-refractivity contribution in [3.8, 4) is 0 Å². The van der Waals surface area contributed by atoms with E-state index >= 15 is 0 Å². The van der Waals surface area contributed by atoms with E-state index in [-0.39, 0.29) is 12.3 Å². The van der Waals surface area contributed by atoms with E-state index in [4.69, 9.17) is 5.11 Å². The SMILES string of the molecule is CC(C)C1C=Cc2ccccc2C1CC(=O)O. The lowest BCUT2D eigenvalue weighted by molar-refractivity contribution is -0.137. The second-order valence-electron chi connectivity index (χ2n) is 5.01. The summed E-state index contributed by atoms with van der Waals surface area (Å²) < 4.78 is 0. The number of benzene rings is 1. The number of fused-ring (bicyclic) bond motifs is 1. The van der Waals surface area contributed by atoms with Gasteiger partial charge in [-0.2, -0.15) is 0 Å². The monoisotopic (exact) mass is 230 g/mol. The summed E-state index contributed by atoms with van der Waals surface area (Å²) in [6.45, 7) is 4.30. The van der Waals surface area contributed by atoms with Crippen LogP contribution < -0.4 is 0 Å². The molecule has 1 N–H and O–H groups in total. The Labute approximate surface area is 102 Å². The third-order valence-electron chi connectivity index (χ3n) is 3.52. The predicted octanol–water partition coefficient (Wildman–Crippen LogP) is 3.54. The van der Waals surface area contributed by atoms with Gasteiger partial charge < -0.3 is 5.11 Å². The number of rotatable bonds is 3. The number of allylic oxidation sites excluding steroid dienone is 1. The van der Waals surface area contributed by atoms with Crippen molar-refractivity contribution in [1.82, 2.24) is 0 Å². The molecule has 17 heavy (non-hydrogen) atoms. The Balaban J connectivity index is 2.40. The van der Waals surface area contributed by atoms with Gasteiger partial charge in [0.05, 0.1) is 6.42 Å². The van der Waals surface area contributed by atoms with Crippen LogP contribution in [0.2, 0.25) is 0 Å². The van der Waals surface area contributed by atoms with E-state index in [0.29, 0.717) is 11.8 Å².